The topological polar surface area (TPSA) is 82.6 Å². The first-order chi connectivity index (χ1) is 16.1. The molecule has 0 saturated carbocycles. The number of hydrogen-bond donors (Lipinski definition) is 2. The zero-order valence-corrected chi connectivity index (χ0v) is 19.0. The molecule has 1 atom stereocenters. The van der Waals surface area contributed by atoms with Gasteiger partial charge in [0.2, 0.25) is 5.91 Å². The van der Waals surface area contributed by atoms with Gasteiger partial charge < -0.3 is 19.9 Å². The van der Waals surface area contributed by atoms with E-state index in [1.165, 1.54) is 0 Å². The third kappa shape index (κ3) is 4.54. The molecule has 3 aromatic rings. The second-order valence-electron chi connectivity index (χ2n) is 8.90. The van der Waals surface area contributed by atoms with Crippen LogP contribution < -0.4 is 15.9 Å². The van der Waals surface area contributed by atoms with E-state index in [4.69, 9.17) is 4.74 Å². The van der Waals surface area contributed by atoms with Crippen molar-refractivity contribution in [3.8, 4) is 0 Å². The molecule has 0 spiro atoms. The van der Waals surface area contributed by atoms with Crippen LogP contribution >= 0.6 is 0 Å². The summed E-state index contributed by atoms with van der Waals surface area (Å²) in [6.07, 6.45) is 1.68. The maximum absolute atomic E-state index is 12.9. The van der Waals surface area contributed by atoms with Crippen LogP contribution in [0.25, 0.3) is 11.0 Å². The number of carbonyl (C=O) groups excluding carboxylic acids is 1. The second-order valence-corrected chi connectivity index (χ2v) is 8.90. The quantitative estimate of drug-likeness (QED) is 0.626. The standard InChI is InChI=1S/C25H31N5O3/c1-18(24(31)26-19-6-8-20(9-7-19)29-14-16-33-17-15-29)28-12-10-21(11-13-28)30-23-5-3-2-4-22(23)27-25(30)32/h2-9,18,21H,10-17H2,1H3,(H,26,31)(H,27,32)/t18-/m0/s1. The molecule has 0 bridgehead atoms. The third-order valence-corrected chi connectivity index (χ3v) is 6.93. The van der Waals surface area contributed by atoms with Crippen LogP contribution in [0.15, 0.2) is 53.3 Å². The molecular weight excluding hydrogens is 418 g/mol. The smallest absolute Gasteiger partial charge is 0.326 e. The van der Waals surface area contributed by atoms with Crippen LogP contribution in [-0.4, -0.2) is 65.8 Å². The Kier molecular flexibility index (Phi) is 6.20. The molecular formula is C25H31N5O3. The summed E-state index contributed by atoms with van der Waals surface area (Å²) in [5.74, 6) is -0.00293. The van der Waals surface area contributed by atoms with Crippen molar-refractivity contribution in [2.45, 2.75) is 31.8 Å². The predicted octanol–water partition coefficient (Wildman–Crippen LogP) is 2.83. The van der Waals surface area contributed by atoms with Gasteiger partial charge in [-0.15, -0.1) is 0 Å². The zero-order chi connectivity index (χ0) is 22.8. The summed E-state index contributed by atoms with van der Waals surface area (Å²) in [7, 11) is 0. The Bertz CT molecular complexity index is 1150. The molecule has 2 fully saturated rings. The summed E-state index contributed by atoms with van der Waals surface area (Å²) >= 11 is 0. The fraction of sp³-hybridized carbons (Fsp3) is 0.440. The highest BCUT2D eigenvalue weighted by Crippen LogP contribution is 2.26. The molecule has 2 N–H and O–H groups in total. The van der Waals surface area contributed by atoms with Crippen molar-refractivity contribution in [1.29, 1.82) is 0 Å². The van der Waals surface area contributed by atoms with Crippen molar-refractivity contribution in [3.05, 3.63) is 59.0 Å². The molecule has 5 rings (SSSR count). The van der Waals surface area contributed by atoms with E-state index in [1.807, 2.05) is 47.9 Å². The van der Waals surface area contributed by atoms with Crippen molar-refractivity contribution < 1.29 is 9.53 Å². The molecule has 2 aromatic carbocycles. The van der Waals surface area contributed by atoms with Gasteiger partial charge in [-0.05, 0) is 56.2 Å². The van der Waals surface area contributed by atoms with E-state index in [0.29, 0.717) is 0 Å². The molecule has 174 valence electrons. The summed E-state index contributed by atoms with van der Waals surface area (Å²) in [6, 6.07) is 15.8. The van der Waals surface area contributed by atoms with Crippen LogP contribution in [-0.2, 0) is 9.53 Å². The number of benzene rings is 2. The Morgan fingerprint density at radius 3 is 2.45 bits per heavy atom. The highest BCUT2D eigenvalue weighted by atomic mass is 16.5. The van der Waals surface area contributed by atoms with E-state index in [-0.39, 0.29) is 23.7 Å². The number of aromatic nitrogens is 2. The number of nitrogens with one attached hydrogen (secondary N) is 2. The Balaban J connectivity index is 1.17. The summed E-state index contributed by atoms with van der Waals surface area (Å²) in [4.78, 5) is 32.9. The van der Waals surface area contributed by atoms with Gasteiger partial charge in [-0.25, -0.2) is 4.79 Å². The molecule has 1 aromatic heterocycles. The van der Waals surface area contributed by atoms with Gasteiger partial charge >= 0.3 is 5.69 Å². The summed E-state index contributed by atoms with van der Waals surface area (Å²) in [5, 5.41) is 3.06. The first-order valence-corrected chi connectivity index (χ1v) is 11.8. The second kappa shape index (κ2) is 9.41. The number of likely N-dealkylation sites (tertiary alicyclic amines) is 1. The van der Waals surface area contributed by atoms with Gasteiger partial charge in [-0.3, -0.25) is 14.3 Å². The first kappa shape index (κ1) is 21.7. The number of para-hydroxylation sites is 2. The minimum absolute atomic E-state index is 0.00293. The first-order valence-electron chi connectivity index (χ1n) is 11.8. The lowest BCUT2D eigenvalue weighted by molar-refractivity contribution is -0.121. The largest absolute Gasteiger partial charge is 0.378 e. The molecule has 2 aliphatic heterocycles. The lowest BCUT2D eigenvalue weighted by Gasteiger charge is -2.35. The van der Waals surface area contributed by atoms with Crippen molar-refractivity contribution in [3.63, 3.8) is 0 Å². The van der Waals surface area contributed by atoms with Crippen molar-refractivity contribution in [1.82, 2.24) is 14.5 Å². The summed E-state index contributed by atoms with van der Waals surface area (Å²) < 4.78 is 7.29. The number of morpholine rings is 1. The number of anilines is 2. The number of ether oxygens (including phenoxy) is 1. The fourth-order valence-corrected chi connectivity index (χ4v) is 4.96. The van der Waals surface area contributed by atoms with Gasteiger partial charge in [0, 0.05) is 43.6 Å². The van der Waals surface area contributed by atoms with Crippen LogP contribution in [0.2, 0.25) is 0 Å². The molecule has 1 amide bonds. The lowest BCUT2D eigenvalue weighted by Crippen LogP contribution is -2.46. The van der Waals surface area contributed by atoms with E-state index in [1.54, 1.807) is 0 Å². The normalized spacial score (nSPS) is 19.0. The molecule has 8 nitrogen and oxygen atoms in total. The molecule has 2 saturated heterocycles. The van der Waals surface area contributed by atoms with E-state index < -0.39 is 0 Å². The van der Waals surface area contributed by atoms with Crippen LogP contribution in [0.5, 0.6) is 0 Å². The molecule has 2 aliphatic rings. The SMILES string of the molecule is C[C@@H](C(=O)Nc1ccc(N2CCOCC2)cc1)N1CCC(n2c(=O)[nH]c3ccccc32)CC1. The van der Waals surface area contributed by atoms with Gasteiger partial charge in [0.25, 0.3) is 0 Å². The highest BCUT2D eigenvalue weighted by Gasteiger charge is 2.28. The van der Waals surface area contributed by atoms with Crippen LogP contribution in [0.3, 0.4) is 0 Å². The van der Waals surface area contributed by atoms with Gasteiger partial charge in [0.1, 0.15) is 0 Å². The van der Waals surface area contributed by atoms with Crippen LogP contribution in [0.4, 0.5) is 11.4 Å². The number of H-pyrrole nitrogens is 1. The van der Waals surface area contributed by atoms with Gasteiger partial charge in [-0.2, -0.15) is 0 Å². The minimum Gasteiger partial charge on any atom is -0.378 e. The molecule has 8 heteroatoms. The Morgan fingerprint density at radius 1 is 1.03 bits per heavy atom. The number of fused-ring (bicyclic) bond motifs is 1. The van der Waals surface area contributed by atoms with E-state index in [9.17, 15) is 9.59 Å². The zero-order valence-electron chi connectivity index (χ0n) is 19.0. The number of rotatable bonds is 5. The number of carbonyl (C=O) groups is 1. The van der Waals surface area contributed by atoms with E-state index >= 15 is 0 Å². The van der Waals surface area contributed by atoms with Crippen molar-refractivity contribution in [2.24, 2.45) is 0 Å². The van der Waals surface area contributed by atoms with Gasteiger partial charge in [0.05, 0.1) is 30.3 Å². The van der Waals surface area contributed by atoms with Crippen LogP contribution in [0.1, 0.15) is 25.8 Å². The average Bonchev–Trinajstić information content (AvgIpc) is 3.20. The maximum atomic E-state index is 12.9. The molecule has 33 heavy (non-hydrogen) atoms. The number of nitrogens with zero attached hydrogens (tertiary/aromatic N) is 3. The number of hydrogen-bond acceptors (Lipinski definition) is 5. The molecule has 0 radical (unpaired) electrons. The number of imidazole rings is 1. The van der Waals surface area contributed by atoms with Gasteiger partial charge in [-0.1, -0.05) is 12.1 Å². The summed E-state index contributed by atoms with van der Waals surface area (Å²) in [5.41, 5.74) is 3.73. The lowest BCUT2D eigenvalue weighted by atomic mass is 10.0. The Hall–Kier alpha value is -3.10. The number of amides is 1. The van der Waals surface area contributed by atoms with E-state index in [0.717, 1.165) is 74.6 Å². The third-order valence-electron chi connectivity index (χ3n) is 6.93. The van der Waals surface area contributed by atoms with Crippen LogP contribution in [0, 0.1) is 0 Å². The number of aromatic amines is 1. The predicted molar refractivity (Wildman–Crippen MR) is 130 cm³/mol. The van der Waals surface area contributed by atoms with Crippen molar-refractivity contribution >= 4 is 28.3 Å². The highest BCUT2D eigenvalue weighted by molar-refractivity contribution is 5.94. The Labute approximate surface area is 193 Å². The number of piperidine rings is 1. The fourth-order valence-electron chi connectivity index (χ4n) is 4.96. The molecule has 3 heterocycles. The monoisotopic (exact) mass is 449 g/mol. The maximum Gasteiger partial charge on any atom is 0.326 e. The molecule has 0 aliphatic carbocycles. The van der Waals surface area contributed by atoms with E-state index in [2.05, 4.69) is 32.2 Å². The van der Waals surface area contributed by atoms with Crippen molar-refractivity contribution in [2.75, 3.05) is 49.6 Å². The summed E-state index contributed by atoms with van der Waals surface area (Å²) in [6.45, 7) is 6.80. The molecule has 0 unspecified atom stereocenters. The van der Waals surface area contributed by atoms with Gasteiger partial charge in [0.15, 0.2) is 0 Å². The minimum atomic E-state index is -0.232. The average molecular weight is 450 g/mol. The Morgan fingerprint density at radius 2 is 1.73 bits per heavy atom.